The molecule has 1 amide bonds. The molecule has 6 nitrogen and oxygen atoms in total. The van der Waals surface area contributed by atoms with Gasteiger partial charge in [0.2, 0.25) is 0 Å². The molecule has 2 atom stereocenters. The molecule has 1 aromatic heterocycles. The van der Waals surface area contributed by atoms with E-state index in [1.807, 2.05) is 36.4 Å². The van der Waals surface area contributed by atoms with Crippen LogP contribution in [-0.2, 0) is 17.7 Å². The highest BCUT2D eigenvalue weighted by atomic mass is 16.5. The second kappa shape index (κ2) is 7.70. The Bertz CT molecular complexity index is 1100. The van der Waals surface area contributed by atoms with Gasteiger partial charge in [0.15, 0.2) is 0 Å². The van der Waals surface area contributed by atoms with Gasteiger partial charge in [-0.05, 0) is 48.2 Å². The summed E-state index contributed by atoms with van der Waals surface area (Å²) in [5.74, 6) is 0.791. The summed E-state index contributed by atoms with van der Waals surface area (Å²) in [6, 6.07) is 13.8. The van der Waals surface area contributed by atoms with Gasteiger partial charge in [-0.3, -0.25) is 9.78 Å². The van der Waals surface area contributed by atoms with Gasteiger partial charge in [-0.2, -0.15) is 0 Å². The number of nitrogens with zero attached hydrogens (tertiary/aromatic N) is 2. The molecule has 0 radical (unpaired) electrons. The predicted molar refractivity (Wildman–Crippen MR) is 113 cm³/mol. The minimum atomic E-state index is -0.657. The van der Waals surface area contributed by atoms with Crippen LogP contribution in [0.2, 0.25) is 0 Å². The van der Waals surface area contributed by atoms with Crippen molar-refractivity contribution in [3.05, 3.63) is 70.9 Å². The Hall–Kier alpha value is -2.96. The molecule has 0 saturated carbocycles. The monoisotopic (exact) mass is 404 g/mol. The fourth-order valence-electron chi connectivity index (χ4n) is 4.57. The first-order chi connectivity index (χ1) is 14.7. The smallest absolute Gasteiger partial charge is 0.254 e. The molecule has 154 valence electrons. The van der Waals surface area contributed by atoms with E-state index in [9.17, 15) is 9.90 Å². The second-order valence-corrected chi connectivity index (χ2v) is 7.92. The van der Waals surface area contributed by atoms with Crippen LogP contribution in [0.25, 0.3) is 10.9 Å². The molecule has 30 heavy (non-hydrogen) atoms. The minimum Gasteiger partial charge on any atom is -0.497 e. The third-order valence-electron chi connectivity index (χ3n) is 6.15. The summed E-state index contributed by atoms with van der Waals surface area (Å²) in [5, 5.41) is 11.5. The number of aromatic nitrogens is 1. The van der Waals surface area contributed by atoms with Crippen molar-refractivity contribution in [3.8, 4) is 5.75 Å². The normalized spacial score (nSPS) is 21.1. The molecular weight excluding hydrogens is 380 g/mol. The zero-order chi connectivity index (χ0) is 20.7. The standard InChI is InChI=1S/C24H24N2O4/c1-29-17-6-4-15(5-7-17)11-16-12-19-20(23-18(16)3-2-9-25-23)13-26(24(19)28)21-8-10-30-14-22(21)27/h2-7,9,12,21-22,27H,8,10-11,13-14H2,1H3. The number of ether oxygens (including phenoxy) is 2. The van der Waals surface area contributed by atoms with Crippen LogP contribution in [0.1, 0.15) is 33.5 Å². The van der Waals surface area contributed by atoms with E-state index in [0.717, 1.165) is 33.3 Å². The summed E-state index contributed by atoms with van der Waals surface area (Å²) < 4.78 is 10.6. The molecule has 0 spiro atoms. The number of aliphatic hydroxyl groups excluding tert-OH is 1. The van der Waals surface area contributed by atoms with E-state index in [2.05, 4.69) is 11.1 Å². The SMILES string of the molecule is COc1ccc(Cc2cc3c(c4ncccc24)CN(C2CCOCC2O)C3=O)cc1. The lowest BCUT2D eigenvalue weighted by Gasteiger charge is -2.34. The maximum absolute atomic E-state index is 13.3. The van der Waals surface area contributed by atoms with Crippen molar-refractivity contribution >= 4 is 16.8 Å². The largest absolute Gasteiger partial charge is 0.497 e. The van der Waals surface area contributed by atoms with Crippen LogP contribution in [0.4, 0.5) is 0 Å². The van der Waals surface area contributed by atoms with Crippen LogP contribution in [-0.4, -0.2) is 53.4 Å². The van der Waals surface area contributed by atoms with Crippen LogP contribution < -0.4 is 4.74 Å². The molecule has 1 fully saturated rings. The van der Waals surface area contributed by atoms with Crippen molar-refractivity contribution < 1.29 is 19.4 Å². The Balaban J connectivity index is 1.54. The number of amides is 1. The Kier molecular flexibility index (Phi) is 4.89. The van der Waals surface area contributed by atoms with Crippen molar-refractivity contribution in [2.24, 2.45) is 0 Å². The summed E-state index contributed by atoms with van der Waals surface area (Å²) in [7, 11) is 1.65. The van der Waals surface area contributed by atoms with Crippen molar-refractivity contribution in [1.82, 2.24) is 9.88 Å². The molecule has 2 aliphatic heterocycles. The van der Waals surface area contributed by atoms with E-state index in [1.54, 1.807) is 18.2 Å². The molecule has 3 aromatic rings. The lowest BCUT2D eigenvalue weighted by Crippen LogP contribution is -2.49. The Morgan fingerprint density at radius 3 is 2.87 bits per heavy atom. The summed E-state index contributed by atoms with van der Waals surface area (Å²) in [5.41, 5.74) is 4.74. The predicted octanol–water partition coefficient (Wildman–Crippen LogP) is 2.94. The van der Waals surface area contributed by atoms with Crippen LogP contribution >= 0.6 is 0 Å². The molecule has 1 saturated heterocycles. The Morgan fingerprint density at radius 1 is 1.27 bits per heavy atom. The van der Waals surface area contributed by atoms with Crippen LogP contribution in [0.5, 0.6) is 5.75 Å². The number of methoxy groups -OCH3 is 1. The second-order valence-electron chi connectivity index (χ2n) is 7.92. The maximum atomic E-state index is 13.3. The first-order valence-corrected chi connectivity index (χ1v) is 10.2. The third kappa shape index (κ3) is 3.22. The van der Waals surface area contributed by atoms with E-state index in [4.69, 9.17) is 9.47 Å². The van der Waals surface area contributed by atoms with Gasteiger partial charge >= 0.3 is 0 Å². The number of hydrogen-bond acceptors (Lipinski definition) is 5. The molecule has 2 aromatic carbocycles. The minimum absolute atomic E-state index is 0.0283. The Morgan fingerprint density at radius 2 is 2.10 bits per heavy atom. The zero-order valence-corrected chi connectivity index (χ0v) is 16.9. The molecular formula is C24H24N2O4. The van der Waals surface area contributed by atoms with Crippen LogP contribution in [0, 0.1) is 0 Å². The van der Waals surface area contributed by atoms with Gasteiger partial charge in [-0.1, -0.05) is 18.2 Å². The quantitative estimate of drug-likeness (QED) is 0.724. The zero-order valence-electron chi connectivity index (χ0n) is 16.9. The van der Waals surface area contributed by atoms with E-state index in [-0.39, 0.29) is 18.6 Å². The molecule has 3 heterocycles. The molecule has 0 aliphatic carbocycles. The highest BCUT2D eigenvalue weighted by molar-refractivity contribution is 6.04. The number of fused-ring (bicyclic) bond motifs is 3. The number of pyridine rings is 1. The van der Waals surface area contributed by atoms with Crippen molar-refractivity contribution in [2.45, 2.75) is 31.5 Å². The summed E-state index contributed by atoms with van der Waals surface area (Å²) >= 11 is 0. The van der Waals surface area contributed by atoms with Crippen molar-refractivity contribution in [2.75, 3.05) is 20.3 Å². The van der Waals surface area contributed by atoms with Crippen molar-refractivity contribution in [1.29, 1.82) is 0 Å². The fourth-order valence-corrected chi connectivity index (χ4v) is 4.57. The van der Waals surface area contributed by atoms with E-state index < -0.39 is 6.10 Å². The van der Waals surface area contributed by atoms with Gasteiger partial charge in [0.25, 0.3) is 5.91 Å². The summed E-state index contributed by atoms with van der Waals surface area (Å²) in [4.78, 5) is 19.7. The molecule has 2 unspecified atom stereocenters. The van der Waals surface area contributed by atoms with E-state index >= 15 is 0 Å². The fraction of sp³-hybridized carbons (Fsp3) is 0.333. The van der Waals surface area contributed by atoms with E-state index in [1.165, 1.54) is 0 Å². The third-order valence-corrected chi connectivity index (χ3v) is 6.15. The molecule has 2 aliphatic rings. The van der Waals surface area contributed by atoms with Crippen LogP contribution in [0.3, 0.4) is 0 Å². The first-order valence-electron chi connectivity index (χ1n) is 10.2. The molecule has 1 N–H and O–H groups in total. The average molecular weight is 404 g/mol. The molecule has 5 rings (SSSR count). The molecule has 6 heteroatoms. The van der Waals surface area contributed by atoms with Crippen LogP contribution in [0.15, 0.2) is 48.7 Å². The maximum Gasteiger partial charge on any atom is 0.254 e. The van der Waals surface area contributed by atoms with Gasteiger partial charge < -0.3 is 19.5 Å². The molecule has 0 bridgehead atoms. The van der Waals surface area contributed by atoms with Gasteiger partial charge in [0, 0.05) is 35.9 Å². The van der Waals surface area contributed by atoms with Gasteiger partial charge in [0.1, 0.15) is 5.75 Å². The highest BCUT2D eigenvalue weighted by Gasteiger charge is 2.39. The first kappa shape index (κ1) is 19.0. The number of hydrogen-bond donors (Lipinski definition) is 1. The lowest BCUT2D eigenvalue weighted by molar-refractivity contribution is -0.0571. The number of carbonyl (C=O) groups excluding carboxylic acids is 1. The van der Waals surface area contributed by atoms with E-state index in [0.29, 0.717) is 31.6 Å². The van der Waals surface area contributed by atoms with Crippen molar-refractivity contribution in [3.63, 3.8) is 0 Å². The van der Waals surface area contributed by atoms with Gasteiger partial charge in [0.05, 0.1) is 31.4 Å². The lowest BCUT2D eigenvalue weighted by atomic mass is 9.95. The summed E-state index contributed by atoms with van der Waals surface area (Å²) in [6.07, 6.45) is 2.46. The number of rotatable bonds is 4. The highest BCUT2D eigenvalue weighted by Crippen LogP contribution is 2.35. The van der Waals surface area contributed by atoms with Gasteiger partial charge in [-0.15, -0.1) is 0 Å². The number of carbonyl (C=O) groups is 1. The summed E-state index contributed by atoms with van der Waals surface area (Å²) in [6.45, 7) is 1.31. The number of aliphatic hydroxyl groups is 1. The topological polar surface area (TPSA) is 71.9 Å². The van der Waals surface area contributed by atoms with Gasteiger partial charge in [-0.25, -0.2) is 0 Å². The average Bonchev–Trinajstić information content (AvgIpc) is 3.11. The number of benzene rings is 2. The Labute approximate surface area is 175 Å².